The first-order valence-corrected chi connectivity index (χ1v) is 6.35. The highest BCUT2D eigenvalue weighted by atomic mass is 16.6. The van der Waals surface area contributed by atoms with Gasteiger partial charge in [-0.25, -0.2) is 0 Å². The molecule has 0 aromatic heterocycles. The molecule has 0 spiro atoms. The van der Waals surface area contributed by atoms with E-state index in [1.807, 2.05) is 0 Å². The molecule has 21 heavy (non-hydrogen) atoms. The van der Waals surface area contributed by atoms with Crippen LogP contribution in [-0.2, 0) is 11.2 Å². The SMILES string of the molecule is Cc1ccc([N+](=O)[O-])c(NC(=O)Cc2ccc(N)cc2)c1. The highest BCUT2D eigenvalue weighted by Gasteiger charge is 2.15. The van der Waals surface area contributed by atoms with Crippen LogP contribution in [-0.4, -0.2) is 10.8 Å². The predicted octanol–water partition coefficient (Wildman–Crippen LogP) is 2.67. The summed E-state index contributed by atoms with van der Waals surface area (Å²) in [5.74, 6) is -0.312. The van der Waals surface area contributed by atoms with Crippen LogP contribution >= 0.6 is 0 Å². The minimum absolute atomic E-state index is 0.119. The van der Waals surface area contributed by atoms with E-state index in [1.54, 1.807) is 43.3 Å². The summed E-state index contributed by atoms with van der Waals surface area (Å²) in [5, 5.41) is 13.5. The van der Waals surface area contributed by atoms with Crippen molar-refractivity contribution in [3.63, 3.8) is 0 Å². The number of nitrogens with zero attached hydrogens (tertiary/aromatic N) is 1. The van der Waals surface area contributed by atoms with Gasteiger partial charge in [0.1, 0.15) is 5.69 Å². The van der Waals surface area contributed by atoms with E-state index in [-0.39, 0.29) is 23.7 Å². The van der Waals surface area contributed by atoms with Crippen molar-refractivity contribution in [1.29, 1.82) is 0 Å². The van der Waals surface area contributed by atoms with Crippen molar-refractivity contribution in [3.05, 3.63) is 63.7 Å². The molecule has 0 unspecified atom stereocenters. The number of hydrogen-bond acceptors (Lipinski definition) is 4. The molecule has 0 atom stereocenters. The van der Waals surface area contributed by atoms with Crippen LogP contribution in [0.1, 0.15) is 11.1 Å². The largest absolute Gasteiger partial charge is 0.399 e. The van der Waals surface area contributed by atoms with Crippen LogP contribution in [0.4, 0.5) is 17.1 Å². The highest BCUT2D eigenvalue weighted by Crippen LogP contribution is 2.25. The number of hydrogen-bond donors (Lipinski definition) is 2. The van der Waals surface area contributed by atoms with Gasteiger partial charge in [0.2, 0.25) is 5.91 Å². The standard InChI is InChI=1S/C15H15N3O3/c1-10-2-7-14(18(20)21)13(8-10)17-15(19)9-11-3-5-12(16)6-4-11/h2-8H,9,16H2,1H3,(H,17,19). The molecule has 2 rings (SSSR count). The van der Waals surface area contributed by atoms with Crippen LogP contribution in [0.25, 0.3) is 0 Å². The molecule has 0 fully saturated rings. The van der Waals surface area contributed by atoms with E-state index in [0.717, 1.165) is 11.1 Å². The first-order chi connectivity index (χ1) is 9.95. The van der Waals surface area contributed by atoms with Gasteiger partial charge in [-0.1, -0.05) is 18.2 Å². The quantitative estimate of drug-likeness (QED) is 0.512. The fraction of sp³-hybridized carbons (Fsp3) is 0.133. The van der Waals surface area contributed by atoms with Gasteiger partial charge in [-0.2, -0.15) is 0 Å². The Kier molecular flexibility index (Phi) is 4.18. The van der Waals surface area contributed by atoms with E-state index in [1.165, 1.54) is 6.07 Å². The van der Waals surface area contributed by atoms with Crippen LogP contribution in [0.5, 0.6) is 0 Å². The zero-order chi connectivity index (χ0) is 15.4. The summed E-state index contributed by atoms with van der Waals surface area (Å²) in [5.41, 5.74) is 7.91. The molecular weight excluding hydrogens is 270 g/mol. The summed E-state index contributed by atoms with van der Waals surface area (Å²) in [4.78, 5) is 22.4. The van der Waals surface area contributed by atoms with Gasteiger partial charge in [0.05, 0.1) is 11.3 Å². The molecule has 0 aliphatic rings. The van der Waals surface area contributed by atoms with E-state index in [9.17, 15) is 14.9 Å². The number of nitrogens with one attached hydrogen (secondary N) is 1. The number of nitrogens with two attached hydrogens (primary N) is 1. The Balaban J connectivity index is 2.14. The van der Waals surface area contributed by atoms with Crippen LogP contribution in [0.15, 0.2) is 42.5 Å². The topological polar surface area (TPSA) is 98.3 Å². The summed E-state index contributed by atoms with van der Waals surface area (Å²) in [6.07, 6.45) is 0.130. The third-order valence-corrected chi connectivity index (χ3v) is 2.97. The Bertz CT molecular complexity index is 681. The number of carbonyl (C=O) groups excluding carboxylic acids is 1. The number of rotatable bonds is 4. The maximum absolute atomic E-state index is 12.0. The van der Waals surface area contributed by atoms with Crippen LogP contribution in [0.2, 0.25) is 0 Å². The minimum atomic E-state index is -0.516. The van der Waals surface area contributed by atoms with Gasteiger partial charge < -0.3 is 11.1 Å². The Morgan fingerprint density at radius 1 is 1.24 bits per heavy atom. The minimum Gasteiger partial charge on any atom is -0.399 e. The van der Waals surface area contributed by atoms with Gasteiger partial charge in [-0.15, -0.1) is 0 Å². The molecule has 0 heterocycles. The highest BCUT2D eigenvalue weighted by molar-refractivity contribution is 5.94. The molecule has 3 N–H and O–H groups in total. The molecule has 6 nitrogen and oxygen atoms in total. The Labute approximate surface area is 121 Å². The van der Waals surface area contributed by atoms with Crippen molar-refractivity contribution in [3.8, 4) is 0 Å². The fourth-order valence-electron chi connectivity index (χ4n) is 1.92. The van der Waals surface area contributed by atoms with Gasteiger partial charge in [-0.05, 0) is 36.2 Å². The molecule has 108 valence electrons. The molecule has 0 aliphatic carbocycles. The van der Waals surface area contributed by atoms with E-state index in [0.29, 0.717) is 5.69 Å². The fourth-order valence-corrected chi connectivity index (χ4v) is 1.92. The monoisotopic (exact) mass is 285 g/mol. The summed E-state index contributed by atoms with van der Waals surface area (Å²) in [6.45, 7) is 1.80. The van der Waals surface area contributed by atoms with Gasteiger partial charge in [0, 0.05) is 11.8 Å². The maximum Gasteiger partial charge on any atom is 0.292 e. The zero-order valence-electron chi connectivity index (χ0n) is 11.5. The second-order valence-electron chi connectivity index (χ2n) is 4.74. The average Bonchev–Trinajstić information content (AvgIpc) is 2.41. The number of carbonyl (C=O) groups is 1. The van der Waals surface area contributed by atoms with Crippen LogP contribution in [0.3, 0.4) is 0 Å². The van der Waals surface area contributed by atoms with Crippen molar-refractivity contribution in [2.45, 2.75) is 13.3 Å². The Morgan fingerprint density at radius 2 is 1.90 bits per heavy atom. The molecule has 0 saturated heterocycles. The lowest BCUT2D eigenvalue weighted by molar-refractivity contribution is -0.383. The molecule has 0 bridgehead atoms. The Hall–Kier alpha value is -2.89. The third kappa shape index (κ3) is 3.79. The van der Waals surface area contributed by atoms with E-state index in [4.69, 9.17) is 5.73 Å². The number of aryl methyl sites for hydroxylation is 1. The smallest absolute Gasteiger partial charge is 0.292 e. The molecule has 2 aromatic rings. The van der Waals surface area contributed by atoms with Crippen molar-refractivity contribution in [2.24, 2.45) is 0 Å². The van der Waals surface area contributed by atoms with E-state index < -0.39 is 4.92 Å². The van der Waals surface area contributed by atoms with Gasteiger partial charge in [-0.3, -0.25) is 14.9 Å². The molecular formula is C15H15N3O3. The zero-order valence-corrected chi connectivity index (χ0v) is 11.5. The number of nitro benzene ring substituents is 1. The number of amides is 1. The maximum atomic E-state index is 12.0. The molecule has 1 amide bonds. The van der Waals surface area contributed by atoms with Crippen molar-refractivity contribution in [1.82, 2.24) is 0 Å². The van der Waals surface area contributed by atoms with Gasteiger partial charge in [0.15, 0.2) is 0 Å². The van der Waals surface area contributed by atoms with Crippen molar-refractivity contribution in [2.75, 3.05) is 11.1 Å². The molecule has 6 heteroatoms. The summed E-state index contributed by atoms with van der Waals surface area (Å²) >= 11 is 0. The van der Waals surface area contributed by atoms with E-state index >= 15 is 0 Å². The van der Waals surface area contributed by atoms with Gasteiger partial charge >= 0.3 is 0 Å². The number of nitro groups is 1. The lowest BCUT2D eigenvalue weighted by atomic mass is 10.1. The molecule has 0 saturated carbocycles. The number of anilines is 2. The molecule has 0 radical (unpaired) electrons. The molecule has 0 aliphatic heterocycles. The summed E-state index contributed by atoms with van der Waals surface area (Å²) in [6, 6.07) is 11.5. The lowest BCUT2D eigenvalue weighted by Gasteiger charge is -2.07. The lowest BCUT2D eigenvalue weighted by Crippen LogP contribution is -2.15. The third-order valence-electron chi connectivity index (χ3n) is 2.97. The van der Waals surface area contributed by atoms with Crippen molar-refractivity contribution < 1.29 is 9.72 Å². The Morgan fingerprint density at radius 3 is 2.52 bits per heavy atom. The summed E-state index contributed by atoms with van der Waals surface area (Å²) < 4.78 is 0. The second-order valence-corrected chi connectivity index (χ2v) is 4.74. The normalized spacial score (nSPS) is 10.1. The first-order valence-electron chi connectivity index (χ1n) is 6.35. The number of benzene rings is 2. The number of nitrogen functional groups attached to an aromatic ring is 1. The van der Waals surface area contributed by atoms with E-state index in [2.05, 4.69) is 5.32 Å². The summed E-state index contributed by atoms with van der Waals surface area (Å²) in [7, 11) is 0. The van der Waals surface area contributed by atoms with Gasteiger partial charge in [0.25, 0.3) is 5.69 Å². The predicted molar refractivity (Wildman–Crippen MR) is 81.0 cm³/mol. The van der Waals surface area contributed by atoms with Crippen LogP contribution < -0.4 is 11.1 Å². The van der Waals surface area contributed by atoms with Crippen molar-refractivity contribution >= 4 is 23.0 Å². The first kappa shape index (κ1) is 14.5. The molecule has 2 aromatic carbocycles. The second kappa shape index (κ2) is 6.04. The average molecular weight is 285 g/mol. The van der Waals surface area contributed by atoms with Crippen LogP contribution in [0, 0.1) is 17.0 Å².